The van der Waals surface area contributed by atoms with Crippen LogP contribution in [0.1, 0.15) is 34.8 Å². The van der Waals surface area contributed by atoms with Crippen molar-refractivity contribution in [3.05, 3.63) is 64.8 Å². The Morgan fingerprint density at radius 1 is 1.16 bits per heavy atom. The second kappa shape index (κ2) is 8.85. The quantitative estimate of drug-likeness (QED) is 0.673. The fourth-order valence-electron chi connectivity index (χ4n) is 3.68. The molecule has 3 heterocycles. The van der Waals surface area contributed by atoms with E-state index in [0.717, 1.165) is 12.0 Å². The Hall–Kier alpha value is -3.26. The average Bonchev–Trinajstić information content (AvgIpc) is 3.16. The lowest BCUT2D eigenvalue weighted by molar-refractivity contribution is -0.121. The molecule has 2 amide bonds. The van der Waals surface area contributed by atoms with E-state index in [2.05, 4.69) is 20.4 Å². The monoisotopic (exact) mass is 438 g/mol. The summed E-state index contributed by atoms with van der Waals surface area (Å²) >= 11 is 6.27. The molecule has 1 unspecified atom stereocenters. The first-order chi connectivity index (χ1) is 14.9. The van der Waals surface area contributed by atoms with Gasteiger partial charge in [0.2, 0.25) is 11.7 Å². The molecule has 1 N–H and O–H groups in total. The van der Waals surface area contributed by atoms with Crippen molar-refractivity contribution in [3.63, 3.8) is 0 Å². The third-order valence-electron chi connectivity index (χ3n) is 5.37. The lowest BCUT2D eigenvalue weighted by Crippen LogP contribution is -2.44. The number of benzene rings is 1. The Bertz CT molecular complexity index is 1130. The maximum Gasteiger partial charge on any atom is 0.293 e. The van der Waals surface area contributed by atoms with Gasteiger partial charge in [0.1, 0.15) is 11.6 Å². The van der Waals surface area contributed by atoms with E-state index in [0.29, 0.717) is 41.9 Å². The smallest absolute Gasteiger partial charge is 0.293 e. The number of hydrogen-bond acceptors (Lipinski definition) is 5. The molecule has 9 heteroatoms. The third kappa shape index (κ3) is 4.44. The molecule has 1 fully saturated rings. The van der Waals surface area contributed by atoms with Crippen LogP contribution in [0.3, 0.4) is 0 Å². The number of carbonyl (C=O) groups is 2. The largest absolute Gasteiger partial charge is 0.335 e. The number of pyridine rings is 1. The zero-order chi connectivity index (χ0) is 22.0. The Morgan fingerprint density at radius 2 is 1.97 bits per heavy atom. The van der Waals surface area contributed by atoms with Crippen LogP contribution in [-0.4, -0.2) is 49.6 Å². The van der Waals surface area contributed by atoms with Crippen LogP contribution in [-0.2, 0) is 4.79 Å². The van der Waals surface area contributed by atoms with E-state index >= 15 is 0 Å². The first-order valence-electron chi connectivity index (χ1n) is 10.1. The molecule has 4 rings (SSSR count). The van der Waals surface area contributed by atoms with Crippen molar-refractivity contribution >= 4 is 29.2 Å². The van der Waals surface area contributed by atoms with Gasteiger partial charge in [-0.1, -0.05) is 29.8 Å². The number of anilines is 1. The van der Waals surface area contributed by atoms with Gasteiger partial charge in [0.15, 0.2) is 0 Å². The van der Waals surface area contributed by atoms with Crippen molar-refractivity contribution in [1.29, 1.82) is 0 Å². The van der Waals surface area contributed by atoms with Crippen LogP contribution in [0.5, 0.6) is 0 Å². The maximum absolute atomic E-state index is 13.1. The fraction of sp³-hybridized carbons (Fsp3) is 0.318. The number of likely N-dealkylation sites (tertiary alicyclic amines) is 1. The summed E-state index contributed by atoms with van der Waals surface area (Å²) in [5, 5.41) is 7.79. The minimum absolute atomic E-state index is 0.0963. The molecule has 160 valence electrons. The SMILES string of the molecule is Cc1cccnc1NC(=O)C1CCCN(C(=O)c2nc(C)n(-c3ccccc3Cl)n2)C1. The number of halogens is 1. The highest BCUT2D eigenvalue weighted by atomic mass is 35.5. The molecule has 0 radical (unpaired) electrons. The van der Waals surface area contributed by atoms with Crippen LogP contribution in [0.2, 0.25) is 5.02 Å². The predicted molar refractivity (Wildman–Crippen MR) is 117 cm³/mol. The Kier molecular flexibility index (Phi) is 5.99. The van der Waals surface area contributed by atoms with Gasteiger partial charge in [-0.3, -0.25) is 9.59 Å². The number of nitrogens with zero attached hydrogens (tertiary/aromatic N) is 5. The van der Waals surface area contributed by atoms with Crippen LogP contribution in [0, 0.1) is 19.8 Å². The molecule has 1 aromatic carbocycles. The molecular formula is C22H23ClN6O2. The maximum atomic E-state index is 13.1. The number of amides is 2. The zero-order valence-electron chi connectivity index (χ0n) is 17.4. The summed E-state index contributed by atoms with van der Waals surface area (Å²) < 4.78 is 1.56. The van der Waals surface area contributed by atoms with Crippen molar-refractivity contribution < 1.29 is 9.59 Å². The van der Waals surface area contributed by atoms with Gasteiger partial charge in [-0.25, -0.2) is 14.6 Å². The summed E-state index contributed by atoms with van der Waals surface area (Å²) in [6.07, 6.45) is 3.08. The van der Waals surface area contributed by atoms with Crippen molar-refractivity contribution in [2.24, 2.45) is 5.92 Å². The molecule has 1 saturated heterocycles. The van der Waals surface area contributed by atoms with Gasteiger partial charge in [-0.15, -0.1) is 5.10 Å². The van der Waals surface area contributed by atoms with Crippen LogP contribution in [0.4, 0.5) is 5.82 Å². The van der Waals surface area contributed by atoms with Crippen molar-refractivity contribution in [2.75, 3.05) is 18.4 Å². The van der Waals surface area contributed by atoms with Gasteiger partial charge < -0.3 is 10.2 Å². The van der Waals surface area contributed by atoms with E-state index in [4.69, 9.17) is 11.6 Å². The zero-order valence-corrected chi connectivity index (χ0v) is 18.1. The number of piperidine rings is 1. The lowest BCUT2D eigenvalue weighted by atomic mass is 9.97. The van der Waals surface area contributed by atoms with Crippen molar-refractivity contribution in [2.45, 2.75) is 26.7 Å². The highest BCUT2D eigenvalue weighted by Crippen LogP contribution is 2.23. The first-order valence-corrected chi connectivity index (χ1v) is 10.5. The Morgan fingerprint density at radius 3 is 2.74 bits per heavy atom. The van der Waals surface area contributed by atoms with E-state index in [1.807, 2.05) is 37.3 Å². The van der Waals surface area contributed by atoms with Gasteiger partial charge in [-0.05, 0) is 50.5 Å². The van der Waals surface area contributed by atoms with E-state index in [9.17, 15) is 9.59 Å². The molecule has 0 bridgehead atoms. The first kappa shape index (κ1) is 21.0. The summed E-state index contributed by atoms with van der Waals surface area (Å²) in [7, 11) is 0. The standard InChI is InChI=1S/C22H23ClN6O2/c1-14-7-5-11-24-19(14)26-21(30)16-8-6-12-28(13-16)22(31)20-25-15(2)29(27-20)18-10-4-3-9-17(18)23/h3-5,7,9-11,16H,6,8,12-13H2,1-2H3,(H,24,26,30). The van der Waals surface area contributed by atoms with E-state index in [1.165, 1.54) is 0 Å². The molecule has 3 aromatic rings. The van der Waals surface area contributed by atoms with Crippen molar-refractivity contribution in [1.82, 2.24) is 24.6 Å². The predicted octanol–water partition coefficient (Wildman–Crippen LogP) is 3.42. The number of aryl methyl sites for hydroxylation is 2. The van der Waals surface area contributed by atoms with Crippen LogP contribution < -0.4 is 5.32 Å². The average molecular weight is 439 g/mol. The molecule has 1 aliphatic heterocycles. The normalized spacial score (nSPS) is 16.2. The number of nitrogens with one attached hydrogen (secondary N) is 1. The summed E-state index contributed by atoms with van der Waals surface area (Å²) in [6.45, 7) is 4.54. The minimum Gasteiger partial charge on any atom is -0.335 e. The topological polar surface area (TPSA) is 93.0 Å². The van der Waals surface area contributed by atoms with Gasteiger partial charge >= 0.3 is 0 Å². The van der Waals surface area contributed by atoms with Gasteiger partial charge in [0.25, 0.3) is 5.91 Å². The Balaban J connectivity index is 1.48. The second-order valence-electron chi connectivity index (χ2n) is 7.59. The van der Waals surface area contributed by atoms with Crippen LogP contribution >= 0.6 is 11.6 Å². The lowest BCUT2D eigenvalue weighted by Gasteiger charge is -2.31. The second-order valence-corrected chi connectivity index (χ2v) is 8.00. The van der Waals surface area contributed by atoms with Gasteiger partial charge in [0.05, 0.1) is 16.6 Å². The van der Waals surface area contributed by atoms with Crippen molar-refractivity contribution in [3.8, 4) is 5.69 Å². The summed E-state index contributed by atoms with van der Waals surface area (Å²) in [6, 6.07) is 11.0. The van der Waals surface area contributed by atoms with E-state index in [-0.39, 0.29) is 23.6 Å². The number of hydrogen-bond donors (Lipinski definition) is 1. The molecule has 0 aliphatic carbocycles. The molecule has 2 aromatic heterocycles. The number of rotatable bonds is 4. The molecule has 31 heavy (non-hydrogen) atoms. The molecule has 1 atom stereocenters. The molecule has 8 nitrogen and oxygen atoms in total. The van der Waals surface area contributed by atoms with E-state index < -0.39 is 0 Å². The summed E-state index contributed by atoms with van der Waals surface area (Å²) in [4.78, 5) is 36.0. The van der Waals surface area contributed by atoms with Crippen LogP contribution in [0.15, 0.2) is 42.6 Å². The highest BCUT2D eigenvalue weighted by Gasteiger charge is 2.31. The molecule has 0 saturated carbocycles. The van der Waals surface area contributed by atoms with Crippen LogP contribution in [0.25, 0.3) is 5.69 Å². The molecule has 1 aliphatic rings. The van der Waals surface area contributed by atoms with E-state index in [1.54, 1.807) is 28.8 Å². The number of para-hydroxylation sites is 1. The summed E-state index contributed by atoms with van der Waals surface area (Å²) in [5.74, 6) is 0.468. The van der Waals surface area contributed by atoms with Gasteiger partial charge in [-0.2, -0.15) is 0 Å². The highest BCUT2D eigenvalue weighted by molar-refractivity contribution is 6.32. The fourth-order valence-corrected chi connectivity index (χ4v) is 3.90. The third-order valence-corrected chi connectivity index (χ3v) is 5.69. The Labute approximate surface area is 185 Å². The molecule has 0 spiro atoms. The summed E-state index contributed by atoms with van der Waals surface area (Å²) in [5.41, 5.74) is 1.55. The van der Waals surface area contributed by atoms with Gasteiger partial charge in [0, 0.05) is 19.3 Å². The molecular weight excluding hydrogens is 416 g/mol. The number of carbonyl (C=O) groups excluding carboxylic acids is 2. The number of aromatic nitrogens is 4. The minimum atomic E-state index is -0.314.